The van der Waals surface area contributed by atoms with Crippen molar-refractivity contribution in [2.45, 2.75) is 180 Å². The van der Waals surface area contributed by atoms with Gasteiger partial charge in [-0.05, 0) is 79.1 Å². The Labute approximate surface area is 237 Å². The predicted octanol–water partition coefficient (Wildman–Crippen LogP) is 7.72. The average Bonchev–Trinajstić information content (AvgIpc) is 3.38. The summed E-state index contributed by atoms with van der Waals surface area (Å²) >= 11 is 0. The van der Waals surface area contributed by atoms with Crippen LogP contribution in [0.1, 0.15) is 175 Å². The minimum Gasteiger partial charge on any atom is -0.249 e. The van der Waals surface area contributed by atoms with Crippen LogP contribution < -0.4 is 15.9 Å². The molecule has 0 radical (unpaired) electrons. The molecule has 0 N–H and O–H groups in total. The quantitative estimate of drug-likeness (QED) is 0.360. The summed E-state index contributed by atoms with van der Waals surface area (Å²) < 4.78 is 16.9. The smallest absolute Gasteiger partial charge is 0.249 e. The molecule has 0 unspecified atom stereocenters. The summed E-state index contributed by atoms with van der Waals surface area (Å²) in [6, 6.07) is 2.41. The Morgan fingerprint density at radius 3 is 0.769 bits per heavy atom. The molecule has 0 bridgehead atoms. The van der Waals surface area contributed by atoms with Crippen LogP contribution in [0, 0.1) is 27.7 Å². The Morgan fingerprint density at radius 2 is 0.564 bits per heavy atom. The lowest BCUT2D eigenvalue weighted by atomic mass is 9.95. The molecule has 4 aliphatic rings. The topological polar surface area (TPSA) is 33.8 Å². The first-order chi connectivity index (χ1) is 19.1. The molecule has 0 aliphatic heterocycles. The van der Waals surface area contributed by atoms with Gasteiger partial charge in [-0.3, -0.25) is 0 Å². The molecule has 0 spiro atoms. The molecule has 5 nitrogen and oxygen atoms in total. The molecule has 4 aliphatic carbocycles. The van der Waals surface area contributed by atoms with Gasteiger partial charge in [-0.2, -0.15) is 0 Å². The van der Waals surface area contributed by atoms with Crippen LogP contribution in [0.3, 0.4) is 0 Å². The maximum Gasteiger partial charge on any atom is 0.383 e. The van der Waals surface area contributed by atoms with Crippen molar-refractivity contribution in [3.63, 3.8) is 0 Å². The Hall–Kier alpha value is -1.87. The molecule has 5 heteroatoms. The maximum atomic E-state index is 5.96. The second-order valence-corrected chi connectivity index (χ2v) is 13.7. The minimum atomic E-state index is 0.601. The highest BCUT2D eigenvalue weighted by atomic mass is 15.3. The van der Waals surface area contributed by atoms with Gasteiger partial charge >= 0.3 is 11.2 Å². The van der Waals surface area contributed by atoms with Crippen LogP contribution in [-0.4, -0.2) is 18.3 Å². The number of imidazole rings is 2. The predicted molar refractivity (Wildman–Crippen MR) is 161 cm³/mol. The van der Waals surface area contributed by atoms with Crippen molar-refractivity contribution in [2.75, 3.05) is 0 Å². The Morgan fingerprint density at radius 1 is 0.359 bits per heavy atom. The normalized spacial score (nSPS) is 22.9. The molecule has 6 rings (SSSR count). The van der Waals surface area contributed by atoms with E-state index < -0.39 is 0 Å². The largest absolute Gasteiger partial charge is 0.383 e. The fourth-order valence-electron chi connectivity index (χ4n) is 8.94. The van der Waals surface area contributed by atoms with E-state index in [1.807, 2.05) is 0 Å². The standard InChI is InChI=1S/C34H56N5/c1-25-26(2)37(30-19-11-6-12-20-30)33(36(25)29-17-9-5-10-18-29)35-34-38(31-21-13-7-14-22-31)27(3)28(4)39(34)32-23-15-8-16-24-32/h29-32H,5-24H2,1-4H3/q+1. The highest BCUT2D eigenvalue weighted by molar-refractivity contribution is 5.16. The number of aromatic nitrogens is 4. The summed E-state index contributed by atoms with van der Waals surface area (Å²) in [6.45, 7) is 9.59. The molecule has 4 saturated carbocycles. The van der Waals surface area contributed by atoms with E-state index in [4.69, 9.17) is 4.67 Å². The van der Waals surface area contributed by atoms with E-state index in [2.05, 4.69) is 46.0 Å². The van der Waals surface area contributed by atoms with Crippen molar-refractivity contribution in [1.29, 1.82) is 0 Å². The van der Waals surface area contributed by atoms with Crippen LogP contribution in [0.15, 0.2) is 0 Å². The fourth-order valence-corrected chi connectivity index (χ4v) is 8.94. The first-order valence-corrected chi connectivity index (χ1v) is 17.0. The minimum absolute atomic E-state index is 0.601. The van der Waals surface area contributed by atoms with Gasteiger partial charge in [0.05, 0.1) is 46.9 Å². The van der Waals surface area contributed by atoms with Gasteiger partial charge in [0.2, 0.25) is 0 Å². The molecule has 2 aromatic rings. The summed E-state index contributed by atoms with van der Waals surface area (Å²) in [4.78, 5) is 0. The van der Waals surface area contributed by atoms with Gasteiger partial charge in [0, 0.05) is 0 Å². The summed E-state index contributed by atoms with van der Waals surface area (Å²) in [6.07, 6.45) is 27.0. The van der Waals surface area contributed by atoms with Crippen molar-refractivity contribution >= 4 is 0 Å². The molecular weight excluding hydrogens is 478 g/mol. The van der Waals surface area contributed by atoms with Crippen molar-refractivity contribution in [2.24, 2.45) is 0 Å². The monoisotopic (exact) mass is 534 g/mol. The molecule has 4 fully saturated rings. The van der Waals surface area contributed by atoms with Gasteiger partial charge in [0.1, 0.15) is 0 Å². The molecule has 39 heavy (non-hydrogen) atoms. The summed E-state index contributed by atoms with van der Waals surface area (Å²) in [7, 11) is 0. The molecule has 2 heterocycles. The first-order valence-electron chi connectivity index (χ1n) is 17.0. The van der Waals surface area contributed by atoms with E-state index in [1.165, 1.54) is 162 Å². The van der Waals surface area contributed by atoms with Crippen LogP contribution in [-0.2, 0) is 0 Å². The van der Waals surface area contributed by atoms with E-state index in [9.17, 15) is 0 Å². The van der Waals surface area contributed by atoms with Gasteiger partial charge in [-0.15, -0.1) is 0 Å². The maximum absolute atomic E-state index is 5.96. The lowest BCUT2D eigenvalue weighted by Gasteiger charge is -2.24. The lowest BCUT2D eigenvalue weighted by molar-refractivity contribution is 0.302. The fraction of sp³-hybridized carbons (Fsp3) is 0.824. The van der Waals surface area contributed by atoms with E-state index in [0.717, 1.165) is 0 Å². The van der Waals surface area contributed by atoms with Crippen molar-refractivity contribution in [3.05, 3.63) is 34.0 Å². The van der Waals surface area contributed by atoms with Crippen molar-refractivity contribution < 1.29 is 0 Å². The second-order valence-electron chi connectivity index (χ2n) is 13.7. The molecule has 0 aromatic carbocycles. The third kappa shape index (κ3) is 5.18. The van der Waals surface area contributed by atoms with Gasteiger partial charge in [-0.25, -0.2) is 22.9 Å². The van der Waals surface area contributed by atoms with E-state index >= 15 is 0 Å². The SMILES string of the molecule is Cc1c(C)n(C2CCCCC2)c(=[N+]=c2n(C3CCCCC3)c(C)c(C)n2C2CCCCC2)n1C1CCCCC1. The number of hydrogen-bond donors (Lipinski definition) is 0. The lowest BCUT2D eigenvalue weighted by Crippen LogP contribution is -2.42. The van der Waals surface area contributed by atoms with Gasteiger partial charge in [0.15, 0.2) is 0 Å². The molecule has 0 atom stereocenters. The Bertz CT molecular complexity index is 1080. The average molecular weight is 535 g/mol. The molecule has 0 amide bonds. The first kappa shape index (κ1) is 27.3. The Balaban J connectivity index is 1.70. The summed E-state index contributed by atoms with van der Waals surface area (Å²) in [5.74, 6) is 0. The van der Waals surface area contributed by atoms with Crippen LogP contribution in [0.4, 0.5) is 0 Å². The van der Waals surface area contributed by atoms with Crippen LogP contribution in [0.25, 0.3) is 0 Å². The highest BCUT2D eigenvalue weighted by Crippen LogP contribution is 2.34. The summed E-state index contributed by atoms with van der Waals surface area (Å²) in [5.41, 5.74) is 8.45. The zero-order valence-corrected chi connectivity index (χ0v) is 25.7. The number of rotatable bonds is 4. The third-order valence-electron chi connectivity index (χ3n) is 11.3. The van der Waals surface area contributed by atoms with Crippen molar-refractivity contribution in [3.8, 4) is 0 Å². The van der Waals surface area contributed by atoms with Gasteiger partial charge in [-0.1, -0.05) is 77.0 Å². The van der Waals surface area contributed by atoms with Crippen LogP contribution in [0.2, 0.25) is 0 Å². The van der Waals surface area contributed by atoms with Crippen LogP contribution in [0.5, 0.6) is 0 Å². The third-order valence-corrected chi connectivity index (χ3v) is 11.3. The Kier molecular flexibility index (Phi) is 8.35. The number of nitrogens with zero attached hydrogens (tertiary/aromatic N) is 5. The van der Waals surface area contributed by atoms with E-state index in [0.29, 0.717) is 24.2 Å². The molecular formula is C34H56N5+. The van der Waals surface area contributed by atoms with Crippen LogP contribution >= 0.6 is 0 Å². The molecule has 216 valence electrons. The van der Waals surface area contributed by atoms with Gasteiger partial charge < -0.3 is 0 Å². The highest BCUT2D eigenvalue weighted by Gasteiger charge is 2.33. The zero-order chi connectivity index (χ0) is 26.9. The van der Waals surface area contributed by atoms with E-state index in [1.54, 1.807) is 0 Å². The van der Waals surface area contributed by atoms with Crippen molar-refractivity contribution in [1.82, 2.24) is 22.9 Å². The second kappa shape index (κ2) is 11.9. The van der Waals surface area contributed by atoms with Gasteiger partial charge in [0.25, 0.3) is 0 Å². The molecule has 2 aromatic heterocycles. The molecule has 0 saturated heterocycles. The van der Waals surface area contributed by atoms with E-state index in [-0.39, 0.29) is 0 Å². The number of hydrogen-bond acceptors (Lipinski definition) is 0. The zero-order valence-electron chi connectivity index (χ0n) is 25.7. The summed E-state index contributed by atoms with van der Waals surface area (Å²) in [5, 5.41) is 0.